The predicted molar refractivity (Wildman–Crippen MR) is 262 cm³/mol. The van der Waals surface area contributed by atoms with Crippen molar-refractivity contribution in [2.75, 3.05) is 0 Å². The molecule has 11 aromatic rings. The monoisotopic (exact) mass is 891 g/mol. The topological polar surface area (TPSA) is 30.7 Å². The maximum atomic E-state index is 5.52. The molecule has 4 heteroatoms. The Hall–Kier alpha value is -6.89. The van der Waals surface area contributed by atoms with Gasteiger partial charge in [-0.3, -0.25) is 0 Å². The second-order valence-corrected chi connectivity index (χ2v) is 22.0. The molecule has 13 rings (SSSR count). The van der Waals surface area contributed by atoms with E-state index in [1.165, 1.54) is 76.8 Å². The van der Waals surface area contributed by atoms with Gasteiger partial charge in [0.2, 0.25) is 0 Å². The molecule has 0 unspecified atom stereocenters. The molecule has 1 aliphatic carbocycles. The third kappa shape index (κ3) is 5.03. The van der Waals surface area contributed by atoms with Crippen LogP contribution in [0.25, 0.3) is 94.1 Å². The van der Waals surface area contributed by atoms with Gasteiger partial charge in [-0.1, -0.05) is 84.9 Å². The van der Waals surface area contributed by atoms with Gasteiger partial charge in [0.05, 0.1) is 0 Å². The molecule has 0 radical (unpaired) electrons. The van der Waals surface area contributed by atoms with E-state index in [9.17, 15) is 0 Å². The number of para-hydroxylation sites is 1. The van der Waals surface area contributed by atoms with Crippen LogP contribution in [0.4, 0.5) is 0 Å². The van der Waals surface area contributed by atoms with E-state index in [1.54, 1.807) is 0 Å². The van der Waals surface area contributed by atoms with Gasteiger partial charge < -0.3 is 0 Å². The molecule has 1 aliphatic heterocycles. The first-order valence-electron chi connectivity index (χ1n) is 21.0. The molecule has 0 amide bonds. The molecule has 0 saturated carbocycles. The van der Waals surface area contributed by atoms with Crippen LogP contribution in [0.1, 0.15) is 25.0 Å². The Bertz CT molecular complexity index is 3620. The molecule has 3 nitrogen and oxygen atoms in total. The standard InChI is InChI=1S/C57H38IN3/c1-57(2)47-24-14-18-35-17-13-23-41(52(35)47)42-29-30-43-46-34-38(37-27-31-49-45(33-37)40-21-9-11-25-48(40)58(49)39-19-7-4-8-20-39)28-32-51(46)61(55(43)53(42)57)56-59-50-26-12-10-22-44(50)54(60-56)36-15-5-3-6-16-36/h3-34H,1-2H3. The van der Waals surface area contributed by atoms with E-state index in [4.69, 9.17) is 9.97 Å². The van der Waals surface area contributed by atoms with Crippen LogP contribution in [0, 0.1) is 10.7 Å². The van der Waals surface area contributed by atoms with E-state index in [2.05, 4.69) is 213 Å². The van der Waals surface area contributed by atoms with Gasteiger partial charge in [0.1, 0.15) is 0 Å². The molecule has 288 valence electrons. The Kier molecular flexibility index (Phi) is 7.47. The van der Waals surface area contributed by atoms with Crippen molar-refractivity contribution in [3.8, 4) is 50.6 Å². The maximum absolute atomic E-state index is 5.52. The normalized spacial score (nSPS) is 14.1. The van der Waals surface area contributed by atoms with Crippen molar-refractivity contribution in [2.45, 2.75) is 19.3 Å². The molecule has 2 aromatic heterocycles. The van der Waals surface area contributed by atoms with Crippen molar-refractivity contribution in [1.82, 2.24) is 14.5 Å². The van der Waals surface area contributed by atoms with Gasteiger partial charge in [0, 0.05) is 10.9 Å². The number of rotatable bonds is 4. The molecule has 2 aliphatic rings. The summed E-state index contributed by atoms with van der Waals surface area (Å²) in [5.74, 6) is 0.679. The fourth-order valence-corrected chi connectivity index (χ4v) is 16.6. The van der Waals surface area contributed by atoms with Crippen molar-refractivity contribution >= 4 is 63.3 Å². The van der Waals surface area contributed by atoms with Gasteiger partial charge >= 0.3 is 251 Å². The predicted octanol–water partition coefficient (Wildman–Crippen LogP) is 14.9. The fraction of sp³-hybridized carbons (Fsp3) is 0.0526. The SMILES string of the molecule is CC1(C)c2cccc3cccc(c23)-c2ccc3c4cc(-c5ccc6c(c5)-c5ccccc5I6c5ccccc5)ccc4n(-c4nc(-c5ccccc5)c5ccccc5n4)c3c21. The molecule has 3 heterocycles. The van der Waals surface area contributed by atoms with Gasteiger partial charge in [-0.2, -0.15) is 0 Å². The summed E-state index contributed by atoms with van der Waals surface area (Å²) in [7, 11) is 0. The molecular weight excluding hydrogens is 854 g/mol. The number of aromatic nitrogens is 3. The van der Waals surface area contributed by atoms with Crippen LogP contribution in [0.15, 0.2) is 194 Å². The van der Waals surface area contributed by atoms with Gasteiger partial charge in [0.25, 0.3) is 0 Å². The van der Waals surface area contributed by atoms with Gasteiger partial charge in [-0.05, 0) is 16.8 Å². The van der Waals surface area contributed by atoms with Crippen molar-refractivity contribution in [3.63, 3.8) is 0 Å². The summed E-state index contributed by atoms with van der Waals surface area (Å²) < 4.78 is 6.90. The average molecular weight is 892 g/mol. The van der Waals surface area contributed by atoms with Gasteiger partial charge in [-0.15, -0.1) is 0 Å². The first-order chi connectivity index (χ1) is 30.0. The Balaban J connectivity index is 1.09. The Morgan fingerprint density at radius 3 is 2.05 bits per heavy atom. The van der Waals surface area contributed by atoms with Gasteiger partial charge in [0.15, 0.2) is 0 Å². The molecule has 9 aromatic carbocycles. The molecule has 0 N–H and O–H groups in total. The number of hydrogen-bond donors (Lipinski definition) is 0. The molecule has 0 atom stereocenters. The number of fused-ring (bicyclic) bond motifs is 10. The quantitative estimate of drug-likeness (QED) is 0.165. The minimum absolute atomic E-state index is 0.316. The molecule has 0 fully saturated rings. The molecule has 0 bridgehead atoms. The summed E-state index contributed by atoms with van der Waals surface area (Å²) in [6.07, 6.45) is 0. The number of nitrogens with zero attached hydrogens (tertiary/aromatic N) is 3. The second kappa shape index (κ2) is 13.1. The van der Waals surface area contributed by atoms with Crippen LogP contribution in [0.3, 0.4) is 0 Å². The fourth-order valence-electron chi connectivity index (χ4n) is 10.4. The van der Waals surface area contributed by atoms with E-state index >= 15 is 0 Å². The first-order valence-corrected chi connectivity index (χ1v) is 24.2. The Morgan fingerprint density at radius 1 is 0.475 bits per heavy atom. The molecule has 0 saturated heterocycles. The zero-order valence-electron chi connectivity index (χ0n) is 33.7. The van der Waals surface area contributed by atoms with Crippen LogP contribution < -0.4 is 0 Å². The van der Waals surface area contributed by atoms with E-state index in [0.717, 1.165) is 33.2 Å². The van der Waals surface area contributed by atoms with E-state index in [0.29, 0.717) is 5.95 Å². The van der Waals surface area contributed by atoms with Crippen molar-refractivity contribution in [1.29, 1.82) is 0 Å². The summed E-state index contributed by atoms with van der Waals surface area (Å²) in [6, 6.07) is 71.8. The van der Waals surface area contributed by atoms with E-state index in [-0.39, 0.29) is 5.41 Å². The minimum atomic E-state index is -1.81. The summed E-state index contributed by atoms with van der Waals surface area (Å²) >= 11 is -1.81. The average Bonchev–Trinajstić information content (AvgIpc) is 3.83. The molecule has 61 heavy (non-hydrogen) atoms. The van der Waals surface area contributed by atoms with E-state index < -0.39 is 19.8 Å². The van der Waals surface area contributed by atoms with Gasteiger partial charge in [-0.25, -0.2) is 0 Å². The zero-order valence-corrected chi connectivity index (χ0v) is 35.9. The number of benzene rings is 9. The van der Waals surface area contributed by atoms with Crippen molar-refractivity contribution in [3.05, 3.63) is 216 Å². The summed E-state index contributed by atoms with van der Waals surface area (Å²) in [6.45, 7) is 4.80. The van der Waals surface area contributed by atoms with Crippen molar-refractivity contribution < 1.29 is 0 Å². The third-order valence-corrected chi connectivity index (χ3v) is 19.3. The summed E-state index contributed by atoms with van der Waals surface area (Å²) in [4.78, 5) is 10.9. The zero-order chi connectivity index (χ0) is 40.4. The number of halogens is 1. The van der Waals surface area contributed by atoms with Crippen LogP contribution in [0.5, 0.6) is 0 Å². The van der Waals surface area contributed by atoms with Crippen LogP contribution >= 0.6 is 19.8 Å². The first kappa shape index (κ1) is 34.9. The van der Waals surface area contributed by atoms with Crippen molar-refractivity contribution in [2.24, 2.45) is 0 Å². The van der Waals surface area contributed by atoms with Crippen LogP contribution in [-0.2, 0) is 5.41 Å². The second-order valence-electron chi connectivity index (χ2n) is 16.8. The van der Waals surface area contributed by atoms with E-state index in [1.807, 2.05) is 0 Å². The summed E-state index contributed by atoms with van der Waals surface area (Å²) in [5, 5.41) is 6.06. The van der Waals surface area contributed by atoms with Crippen LogP contribution in [0.2, 0.25) is 0 Å². The summed E-state index contributed by atoms with van der Waals surface area (Å²) in [5.41, 5.74) is 15.3. The third-order valence-electron chi connectivity index (χ3n) is 13.1. The Morgan fingerprint density at radius 2 is 1.18 bits per heavy atom. The van der Waals surface area contributed by atoms with Crippen LogP contribution in [-0.4, -0.2) is 14.5 Å². The molecular formula is C57H38IN3. The number of hydrogen-bond acceptors (Lipinski definition) is 2. The molecule has 0 spiro atoms. The Labute approximate surface area is 361 Å².